The van der Waals surface area contributed by atoms with Crippen molar-refractivity contribution < 1.29 is 14.6 Å². The summed E-state index contributed by atoms with van der Waals surface area (Å²) >= 11 is 0. The molecular formula is C20H21N3O3. The molecule has 0 aliphatic carbocycles. The number of hydrogen-bond donors (Lipinski definition) is 2. The van der Waals surface area contributed by atoms with Gasteiger partial charge in [-0.2, -0.15) is 5.10 Å². The Labute approximate surface area is 152 Å². The van der Waals surface area contributed by atoms with Crippen molar-refractivity contribution in [2.75, 3.05) is 31.7 Å². The molecule has 0 amide bonds. The van der Waals surface area contributed by atoms with Crippen molar-refractivity contribution in [3.63, 3.8) is 0 Å². The Kier molecular flexibility index (Phi) is 6.01. The average molecular weight is 351 g/mol. The maximum absolute atomic E-state index is 11.9. The number of rotatable bonds is 6. The van der Waals surface area contributed by atoms with Gasteiger partial charge in [0.2, 0.25) is 0 Å². The first-order valence-corrected chi connectivity index (χ1v) is 8.45. The van der Waals surface area contributed by atoms with Gasteiger partial charge in [-0.05, 0) is 17.7 Å². The number of hydrogen-bond acceptors (Lipinski definition) is 5. The van der Waals surface area contributed by atoms with E-state index in [1.165, 1.54) is 0 Å². The maximum atomic E-state index is 11.9. The van der Waals surface area contributed by atoms with Crippen LogP contribution in [0.2, 0.25) is 0 Å². The molecular weight excluding hydrogens is 330 g/mol. The summed E-state index contributed by atoms with van der Waals surface area (Å²) in [4.78, 5) is 14.0. The fraction of sp³-hybridized carbons (Fsp3) is 0.200. The Morgan fingerprint density at radius 1 is 1.04 bits per heavy atom. The number of nitrogens with zero attached hydrogens (tertiary/aromatic N) is 2. The molecule has 1 heterocycles. The zero-order valence-corrected chi connectivity index (χ0v) is 14.3. The lowest BCUT2D eigenvalue weighted by Crippen LogP contribution is -2.33. The van der Waals surface area contributed by atoms with Crippen molar-refractivity contribution >= 4 is 22.9 Å². The van der Waals surface area contributed by atoms with E-state index in [0.29, 0.717) is 18.8 Å². The molecule has 1 aliphatic rings. The summed E-state index contributed by atoms with van der Waals surface area (Å²) in [6.45, 7) is 2.69. The third-order valence-electron chi connectivity index (χ3n) is 3.97. The highest BCUT2D eigenvalue weighted by Crippen LogP contribution is 2.19. The van der Waals surface area contributed by atoms with E-state index in [9.17, 15) is 9.90 Å². The molecule has 0 radical (unpaired) electrons. The monoisotopic (exact) mass is 351 g/mol. The van der Waals surface area contributed by atoms with E-state index >= 15 is 0 Å². The number of carboxylic acids is 1. The van der Waals surface area contributed by atoms with E-state index in [1.807, 2.05) is 66.9 Å². The third-order valence-corrected chi connectivity index (χ3v) is 3.97. The molecule has 0 unspecified atom stereocenters. The Hall–Kier alpha value is -3.12. The molecule has 0 spiro atoms. The number of nitrogens with one attached hydrogen (secondary N) is 1. The Morgan fingerprint density at radius 3 is 2.27 bits per heavy atom. The zero-order valence-electron chi connectivity index (χ0n) is 14.3. The minimum Gasteiger partial charge on any atom is -0.476 e. The molecule has 1 fully saturated rings. The molecule has 26 heavy (non-hydrogen) atoms. The first kappa shape index (κ1) is 17.7. The quantitative estimate of drug-likeness (QED) is 0.618. The van der Waals surface area contributed by atoms with Crippen LogP contribution in [0.15, 0.2) is 72.0 Å². The van der Waals surface area contributed by atoms with Gasteiger partial charge in [-0.3, -0.25) is 5.43 Å². The SMILES string of the molecule is O=C(O)C(=N/Nc1ccccc1)/C(=C/N1CCOCC1)c1ccccc1. The highest BCUT2D eigenvalue weighted by molar-refractivity contribution is 6.53. The summed E-state index contributed by atoms with van der Waals surface area (Å²) in [6.07, 6.45) is 1.86. The first-order valence-electron chi connectivity index (χ1n) is 8.45. The molecule has 6 nitrogen and oxygen atoms in total. The molecule has 0 saturated carbocycles. The number of carboxylic acid groups (broad SMARTS) is 1. The summed E-state index contributed by atoms with van der Waals surface area (Å²) in [7, 11) is 0. The molecule has 134 valence electrons. The second kappa shape index (κ2) is 8.82. The molecule has 2 aromatic carbocycles. The van der Waals surface area contributed by atoms with Crippen LogP contribution in [0.3, 0.4) is 0 Å². The smallest absolute Gasteiger partial charge is 0.357 e. The van der Waals surface area contributed by atoms with Gasteiger partial charge in [0.05, 0.1) is 18.9 Å². The number of hydrazone groups is 1. The molecule has 3 rings (SSSR count). The van der Waals surface area contributed by atoms with Crippen LogP contribution in [0.1, 0.15) is 5.56 Å². The standard InChI is InChI=1S/C20H21N3O3/c24-20(25)19(22-21-17-9-5-2-6-10-17)18(16-7-3-1-4-8-16)15-23-11-13-26-14-12-23/h1-10,15,21H,11-14H2,(H,24,25)/b18-15+,22-19+. The van der Waals surface area contributed by atoms with Gasteiger partial charge in [0, 0.05) is 24.9 Å². The second-order valence-corrected chi connectivity index (χ2v) is 5.80. The minimum atomic E-state index is -1.09. The van der Waals surface area contributed by atoms with Crippen molar-refractivity contribution in [3.8, 4) is 0 Å². The highest BCUT2D eigenvalue weighted by atomic mass is 16.5. The Bertz CT molecular complexity index is 782. The lowest BCUT2D eigenvalue weighted by Gasteiger charge is -2.26. The van der Waals surface area contributed by atoms with Crippen molar-refractivity contribution in [2.24, 2.45) is 5.10 Å². The summed E-state index contributed by atoms with van der Waals surface area (Å²) in [5.74, 6) is -1.09. The van der Waals surface area contributed by atoms with Crippen LogP contribution >= 0.6 is 0 Å². The summed E-state index contributed by atoms with van der Waals surface area (Å²) in [5.41, 5.74) is 4.89. The number of para-hydroxylation sites is 1. The van der Waals surface area contributed by atoms with E-state index < -0.39 is 5.97 Å². The number of benzene rings is 2. The van der Waals surface area contributed by atoms with E-state index in [4.69, 9.17) is 4.74 Å². The number of anilines is 1. The molecule has 6 heteroatoms. The molecule has 0 atom stereocenters. The molecule has 1 saturated heterocycles. The minimum absolute atomic E-state index is 0.0356. The molecule has 2 N–H and O–H groups in total. The van der Waals surface area contributed by atoms with Crippen LogP contribution in [-0.4, -0.2) is 48.0 Å². The summed E-state index contributed by atoms with van der Waals surface area (Å²) < 4.78 is 5.37. The van der Waals surface area contributed by atoms with Gasteiger partial charge in [0.15, 0.2) is 5.71 Å². The molecule has 1 aliphatic heterocycles. The van der Waals surface area contributed by atoms with Crippen LogP contribution < -0.4 is 5.43 Å². The van der Waals surface area contributed by atoms with Crippen LogP contribution in [-0.2, 0) is 9.53 Å². The van der Waals surface area contributed by atoms with Crippen LogP contribution in [0.4, 0.5) is 5.69 Å². The lowest BCUT2D eigenvalue weighted by molar-refractivity contribution is -0.129. The van der Waals surface area contributed by atoms with Crippen LogP contribution in [0.5, 0.6) is 0 Å². The van der Waals surface area contributed by atoms with Gasteiger partial charge >= 0.3 is 5.97 Å². The molecule has 0 aromatic heterocycles. The normalized spacial score (nSPS) is 15.6. The van der Waals surface area contributed by atoms with E-state index in [-0.39, 0.29) is 5.71 Å². The van der Waals surface area contributed by atoms with Gasteiger partial charge in [0.1, 0.15) is 0 Å². The van der Waals surface area contributed by atoms with Crippen molar-refractivity contribution in [2.45, 2.75) is 0 Å². The first-order chi connectivity index (χ1) is 12.7. The zero-order chi connectivity index (χ0) is 18.2. The van der Waals surface area contributed by atoms with Crippen LogP contribution in [0, 0.1) is 0 Å². The van der Waals surface area contributed by atoms with E-state index in [1.54, 1.807) is 0 Å². The Morgan fingerprint density at radius 2 is 1.65 bits per heavy atom. The van der Waals surface area contributed by atoms with E-state index in [0.717, 1.165) is 24.3 Å². The maximum Gasteiger partial charge on any atom is 0.357 e. The Balaban J connectivity index is 1.96. The lowest BCUT2D eigenvalue weighted by atomic mass is 10.0. The number of ether oxygens (including phenoxy) is 1. The number of morpholine rings is 1. The summed E-state index contributed by atoms with van der Waals surface area (Å²) in [6, 6.07) is 18.7. The van der Waals surface area contributed by atoms with Crippen molar-refractivity contribution in [3.05, 3.63) is 72.4 Å². The van der Waals surface area contributed by atoms with Crippen molar-refractivity contribution in [1.29, 1.82) is 0 Å². The topological polar surface area (TPSA) is 74.2 Å². The number of aliphatic carboxylic acids is 1. The predicted octanol–water partition coefficient (Wildman–Crippen LogP) is 2.91. The van der Waals surface area contributed by atoms with Gasteiger partial charge in [-0.15, -0.1) is 0 Å². The van der Waals surface area contributed by atoms with Gasteiger partial charge in [-0.25, -0.2) is 4.79 Å². The highest BCUT2D eigenvalue weighted by Gasteiger charge is 2.20. The largest absolute Gasteiger partial charge is 0.476 e. The number of carbonyl (C=O) groups is 1. The van der Waals surface area contributed by atoms with Gasteiger partial charge in [0.25, 0.3) is 0 Å². The van der Waals surface area contributed by atoms with Crippen molar-refractivity contribution in [1.82, 2.24) is 4.90 Å². The average Bonchev–Trinajstić information content (AvgIpc) is 2.69. The van der Waals surface area contributed by atoms with Crippen LogP contribution in [0.25, 0.3) is 5.57 Å². The third kappa shape index (κ3) is 4.70. The fourth-order valence-electron chi connectivity index (χ4n) is 2.64. The fourth-order valence-corrected chi connectivity index (χ4v) is 2.64. The molecule has 2 aromatic rings. The van der Waals surface area contributed by atoms with Gasteiger partial charge < -0.3 is 14.7 Å². The van der Waals surface area contributed by atoms with E-state index in [2.05, 4.69) is 15.4 Å². The van der Waals surface area contributed by atoms with Gasteiger partial charge in [-0.1, -0.05) is 48.5 Å². The molecule has 0 bridgehead atoms. The predicted molar refractivity (Wildman–Crippen MR) is 102 cm³/mol. The summed E-state index contributed by atoms with van der Waals surface area (Å²) in [5, 5.41) is 13.9. The second-order valence-electron chi connectivity index (χ2n) is 5.80.